The lowest BCUT2D eigenvalue weighted by molar-refractivity contribution is -0.353. The van der Waals surface area contributed by atoms with Crippen molar-refractivity contribution < 1.29 is 44.9 Å². The van der Waals surface area contributed by atoms with Crippen LogP contribution in [-0.2, 0) is 21.2 Å². The van der Waals surface area contributed by atoms with Crippen LogP contribution in [0.25, 0.3) is 0 Å². The summed E-state index contributed by atoms with van der Waals surface area (Å²) in [5.41, 5.74) is -4.11. The molecule has 0 radical (unpaired) electrons. The first-order chi connectivity index (χ1) is 14.0. The Kier molecular flexibility index (Phi) is 4.48. The zero-order chi connectivity index (χ0) is 21.9. The van der Waals surface area contributed by atoms with Gasteiger partial charge in [0.2, 0.25) is 0 Å². The zero-order valence-corrected chi connectivity index (χ0v) is 14.7. The molecule has 0 unspecified atom stereocenters. The Hall–Kier alpha value is -2.84. The molecule has 0 saturated carbocycles. The Labute approximate surface area is 164 Å². The number of benzene rings is 2. The molecule has 0 bridgehead atoms. The van der Waals surface area contributed by atoms with Gasteiger partial charge < -0.3 is 14.2 Å². The first-order valence-corrected chi connectivity index (χ1v) is 8.43. The molecule has 1 saturated heterocycles. The molecule has 1 heterocycles. The van der Waals surface area contributed by atoms with E-state index in [0.717, 1.165) is 18.2 Å². The molecule has 11 heteroatoms. The minimum absolute atomic E-state index is 0.207. The van der Waals surface area contributed by atoms with Crippen molar-refractivity contribution in [1.29, 1.82) is 5.26 Å². The molecule has 2 aromatic carbocycles. The number of halogens is 7. The summed E-state index contributed by atoms with van der Waals surface area (Å²) in [6, 6.07) is 5.39. The number of hydrogen-bond donors (Lipinski definition) is 0. The average molecular weight is 433 g/mol. The Morgan fingerprint density at radius 3 is 2.30 bits per heavy atom. The molecule has 1 fully saturated rings. The van der Waals surface area contributed by atoms with E-state index >= 15 is 0 Å². The average Bonchev–Trinajstić information content (AvgIpc) is 3.21. The minimum atomic E-state index is -4.98. The summed E-state index contributed by atoms with van der Waals surface area (Å²) in [4.78, 5) is 0. The van der Waals surface area contributed by atoms with E-state index < -0.39 is 71.3 Å². The van der Waals surface area contributed by atoms with Crippen LogP contribution in [0.4, 0.5) is 30.7 Å². The summed E-state index contributed by atoms with van der Waals surface area (Å²) in [6.07, 6.45) is -3.55. The number of nitrogens with zero attached hydrogens (tertiary/aromatic N) is 1. The topological polar surface area (TPSA) is 51.5 Å². The minimum Gasteiger partial charge on any atom is -0.457 e. The van der Waals surface area contributed by atoms with Gasteiger partial charge in [-0.2, -0.15) is 22.8 Å². The van der Waals surface area contributed by atoms with E-state index in [0.29, 0.717) is 12.1 Å². The number of ether oxygens (including phenoxy) is 3. The zero-order valence-electron chi connectivity index (χ0n) is 14.7. The Bertz CT molecular complexity index is 1060. The van der Waals surface area contributed by atoms with E-state index in [1.165, 1.54) is 0 Å². The Morgan fingerprint density at radius 1 is 1.03 bits per heavy atom. The normalized spacial score (nSPS) is 20.4. The number of hydrogen-bond acceptors (Lipinski definition) is 4. The van der Waals surface area contributed by atoms with Gasteiger partial charge in [0.25, 0.3) is 12.2 Å². The fourth-order valence-electron chi connectivity index (χ4n) is 3.61. The maximum absolute atomic E-state index is 14.7. The second-order valence-electron chi connectivity index (χ2n) is 6.55. The lowest BCUT2D eigenvalue weighted by atomic mass is 9.98. The van der Waals surface area contributed by atoms with Crippen LogP contribution >= 0.6 is 0 Å². The first-order valence-electron chi connectivity index (χ1n) is 8.43. The summed E-state index contributed by atoms with van der Waals surface area (Å²) in [5.74, 6) is -15.4. The Morgan fingerprint density at radius 2 is 1.70 bits per heavy atom. The van der Waals surface area contributed by atoms with Gasteiger partial charge in [0.1, 0.15) is 17.3 Å². The highest BCUT2D eigenvalue weighted by Gasteiger charge is 2.80. The lowest BCUT2D eigenvalue weighted by Crippen LogP contribution is -2.49. The van der Waals surface area contributed by atoms with E-state index in [-0.39, 0.29) is 5.56 Å². The van der Waals surface area contributed by atoms with Crippen LogP contribution in [0.1, 0.15) is 28.7 Å². The smallest absolute Gasteiger partial charge is 0.371 e. The molecular weight excluding hydrogens is 423 g/mol. The van der Waals surface area contributed by atoms with Gasteiger partial charge >= 0.3 is 11.8 Å². The second-order valence-corrected chi connectivity index (χ2v) is 6.55. The number of nitriles is 1. The van der Waals surface area contributed by atoms with Gasteiger partial charge in [-0.25, -0.2) is 13.2 Å². The van der Waals surface area contributed by atoms with Crippen LogP contribution in [0.5, 0.6) is 11.5 Å². The van der Waals surface area contributed by atoms with E-state index in [4.69, 9.17) is 19.5 Å². The summed E-state index contributed by atoms with van der Waals surface area (Å²) in [6.45, 7) is -1.04. The van der Waals surface area contributed by atoms with Gasteiger partial charge in [-0.1, -0.05) is 0 Å². The molecule has 1 aliphatic carbocycles. The molecule has 0 N–H and O–H groups in total. The highest BCUT2D eigenvalue weighted by atomic mass is 19.3. The number of alkyl halides is 6. The van der Waals surface area contributed by atoms with E-state index in [9.17, 15) is 30.7 Å². The SMILES string of the molecule is N#Cc1cc(F)cc(Oc2ccc3c(c2C(F)F)C2(OCCO2)C(F)(F)C3(F)F)c1. The molecule has 30 heavy (non-hydrogen) atoms. The third-order valence-electron chi connectivity index (χ3n) is 4.82. The second kappa shape index (κ2) is 6.58. The number of fused-ring (bicyclic) bond motifs is 2. The summed E-state index contributed by atoms with van der Waals surface area (Å²) >= 11 is 0. The van der Waals surface area contributed by atoms with Crippen LogP contribution in [0.15, 0.2) is 30.3 Å². The number of rotatable bonds is 3. The van der Waals surface area contributed by atoms with E-state index in [1.54, 1.807) is 6.07 Å². The molecule has 2 aliphatic rings. The molecule has 4 nitrogen and oxygen atoms in total. The standard InChI is InChI=1S/C19H10F7NO3/c20-10-5-9(8-27)6-11(7-10)30-13-2-1-12-15(14(13)16(21)22)18(28-3-4-29-18)19(25,26)17(12,23)24/h1-2,5-7,16H,3-4H2. The largest absolute Gasteiger partial charge is 0.457 e. The first kappa shape index (κ1) is 20.4. The van der Waals surface area contributed by atoms with E-state index in [1.807, 2.05) is 0 Å². The van der Waals surface area contributed by atoms with Crippen molar-refractivity contribution in [2.75, 3.05) is 13.2 Å². The highest BCUT2D eigenvalue weighted by Crippen LogP contribution is 2.65. The van der Waals surface area contributed by atoms with Crippen molar-refractivity contribution in [3.8, 4) is 17.6 Å². The van der Waals surface area contributed by atoms with Crippen molar-refractivity contribution >= 4 is 0 Å². The maximum Gasteiger partial charge on any atom is 0.371 e. The highest BCUT2D eigenvalue weighted by molar-refractivity contribution is 5.56. The predicted octanol–water partition coefficient (Wildman–Crippen LogP) is 5.37. The van der Waals surface area contributed by atoms with E-state index in [2.05, 4.69) is 0 Å². The van der Waals surface area contributed by atoms with Crippen molar-refractivity contribution in [3.05, 3.63) is 58.4 Å². The van der Waals surface area contributed by atoms with Gasteiger partial charge in [0.05, 0.1) is 30.4 Å². The van der Waals surface area contributed by atoms with Gasteiger partial charge in [0.15, 0.2) is 0 Å². The monoisotopic (exact) mass is 433 g/mol. The molecule has 0 aromatic heterocycles. The van der Waals surface area contributed by atoms with Crippen molar-refractivity contribution in [2.24, 2.45) is 0 Å². The molecule has 1 spiro atoms. The lowest BCUT2D eigenvalue weighted by Gasteiger charge is -2.32. The van der Waals surface area contributed by atoms with Crippen LogP contribution in [0.3, 0.4) is 0 Å². The molecular formula is C19H10F7NO3. The van der Waals surface area contributed by atoms with Gasteiger partial charge in [0, 0.05) is 17.2 Å². The molecule has 0 atom stereocenters. The van der Waals surface area contributed by atoms with Gasteiger partial charge in [-0.3, -0.25) is 0 Å². The quantitative estimate of drug-likeness (QED) is 0.611. The van der Waals surface area contributed by atoms with Gasteiger partial charge in [-0.05, 0) is 24.3 Å². The summed E-state index contributed by atoms with van der Waals surface area (Å²) in [7, 11) is 0. The summed E-state index contributed by atoms with van der Waals surface area (Å²) in [5, 5.41) is 8.88. The predicted molar refractivity (Wildman–Crippen MR) is 85.0 cm³/mol. The van der Waals surface area contributed by atoms with Crippen LogP contribution in [0, 0.1) is 17.1 Å². The molecule has 1 aliphatic heterocycles. The fourth-order valence-corrected chi connectivity index (χ4v) is 3.61. The van der Waals surface area contributed by atoms with Crippen LogP contribution < -0.4 is 4.74 Å². The molecule has 4 rings (SSSR count). The third-order valence-corrected chi connectivity index (χ3v) is 4.82. The molecule has 0 amide bonds. The fraction of sp³-hybridized carbons (Fsp3) is 0.316. The Balaban J connectivity index is 1.94. The van der Waals surface area contributed by atoms with Crippen molar-refractivity contribution in [1.82, 2.24) is 0 Å². The summed E-state index contributed by atoms with van der Waals surface area (Å²) < 4.78 is 115. The molecule has 158 valence electrons. The van der Waals surface area contributed by atoms with Crippen LogP contribution in [-0.4, -0.2) is 19.1 Å². The molecule has 2 aromatic rings. The van der Waals surface area contributed by atoms with Crippen molar-refractivity contribution in [3.63, 3.8) is 0 Å². The maximum atomic E-state index is 14.7. The van der Waals surface area contributed by atoms with Crippen molar-refractivity contribution in [2.45, 2.75) is 24.1 Å². The van der Waals surface area contributed by atoms with Crippen LogP contribution in [0.2, 0.25) is 0 Å². The van der Waals surface area contributed by atoms with Gasteiger partial charge in [-0.15, -0.1) is 0 Å². The third kappa shape index (κ3) is 2.60.